The maximum Gasteiger partial charge on any atom is 0.410 e. The van der Waals surface area contributed by atoms with Crippen LogP contribution in [0.3, 0.4) is 0 Å². The van der Waals surface area contributed by atoms with Crippen LogP contribution in [0.5, 0.6) is 0 Å². The molecule has 1 aliphatic heterocycles. The van der Waals surface area contributed by atoms with E-state index < -0.39 is 5.60 Å². The van der Waals surface area contributed by atoms with Gasteiger partial charge in [0.1, 0.15) is 11.1 Å². The zero-order chi connectivity index (χ0) is 20.4. The fourth-order valence-electron chi connectivity index (χ4n) is 3.47. The van der Waals surface area contributed by atoms with Crippen molar-refractivity contribution < 1.29 is 13.9 Å². The first kappa shape index (κ1) is 19.9. The number of ether oxygens (including phenoxy) is 1. The number of hydrogen-bond donors (Lipinski definition) is 0. The Hall–Kier alpha value is -2.38. The summed E-state index contributed by atoms with van der Waals surface area (Å²) in [5, 5.41) is 2.02. The van der Waals surface area contributed by atoms with Crippen LogP contribution in [0, 0.1) is 0 Å². The molecule has 0 saturated carbocycles. The van der Waals surface area contributed by atoms with Crippen LogP contribution in [0.25, 0.3) is 21.9 Å². The van der Waals surface area contributed by atoms with E-state index in [-0.39, 0.29) is 6.09 Å². The lowest BCUT2D eigenvalue weighted by molar-refractivity contribution is 0.0257. The highest BCUT2D eigenvalue weighted by atomic mass is 32.1. The number of carbonyl (C=O) groups excluding carboxylic acids is 1. The van der Waals surface area contributed by atoms with Gasteiger partial charge in [0, 0.05) is 32.7 Å². The number of thiophene rings is 1. The van der Waals surface area contributed by atoms with Crippen LogP contribution in [0.4, 0.5) is 4.79 Å². The minimum absolute atomic E-state index is 0.218. The van der Waals surface area contributed by atoms with E-state index in [2.05, 4.69) is 22.0 Å². The summed E-state index contributed by atoms with van der Waals surface area (Å²) in [6.07, 6.45) is 0.720. The van der Waals surface area contributed by atoms with Crippen molar-refractivity contribution in [2.75, 3.05) is 26.2 Å². The van der Waals surface area contributed by atoms with Crippen molar-refractivity contribution in [2.24, 2.45) is 0 Å². The smallest absolute Gasteiger partial charge is 0.410 e. The molecule has 0 atom stereocenters. The molecule has 4 rings (SSSR count). The first-order valence-corrected chi connectivity index (χ1v) is 10.9. The number of carbonyl (C=O) groups is 1. The topological polar surface area (TPSA) is 58.8 Å². The molecule has 0 N–H and O–H groups in total. The Morgan fingerprint density at radius 3 is 2.83 bits per heavy atom. The van der Waals surface area contributed by atoms with Crippen LogP contribution in [-0.4, -0.2) is 52.7 Å². The second kappa shape index (κ2) is 8.16. The van der Waals surface area contributed by atoms with Crippen LogP contribution in [0.2, 0.25) is 0 Å². The highest BCUT2D eigenvalue weighted by Gasteiger charge is 2.24. The van der Waals surface area contributed by atoms with E-state index in [9.17, 15) is 4.79 Å². The van der Waals surface area contributed by atoms with Crippen LogP contribution < -0.4 is 0 Å². The molecule has 3 aromatic rings. The molecular formula is C22H27N3O3S. The number of aromatic nitrogens is 1. The zero-order valence-electron chi connectivity index (χ0n) is 17.2. The van der Waals surface area contributed by atoms with Gasteiger partial charge in [0.05, 0.1) is 4.88 Å². The van der Waals surface area contributed by atoms with Gasteiger partial charge in [0.25, 0.3) is 0 Å². The molecule has 1 fully saturated rings. The highest BCUT2D eigenvalue weighted by molar-refractivity contribution is 7.13. The predicted molar refractivity (Wildman–Crippen MR) is 115 cm³/mol. The summed E-state index contributed by atoms with van der Waals surface area (Å²) < 4.78 is 11.4. The molecule has 3 heterocycles. The number of benzene rings is 1. The summed E-state index contributed by atoms with van der Waals surface area (Å²) in [4.78, 5) is 22.2. The van der Waals surface area contributed by atoms with E-state index >= 15 is 0 Å². The van der Waals surface area contributed by atoms with Crippen LogP contribution >= 0.6 is 11.3 Å². The van der Waals surface area contributed by atoms with Gasteiger partial charge in [0.15, 0.2) is 5.58 Å². The number of nitrogens with zero attached hydrogens (tertiary/aromatic N) is 3. The Labute approximate surface area is 175 Å². The average molecular weight is 414 g/mol. The number of fused-ring (bicyclic) bond motifs is 1. The van der Waals surface area contributed by atoms with Crippen LogP contribution in [0.1, 0.15) is 32.8 Å². The number of amides is 1. The van der Waals surface area contributed by atoms with Crippen molar-refractivity contribution >= 4 is 28.5 Å². The van der Waals surface area contributed by atoms with E-state index in [1.54, 1.807) is 11.3 Å². The molecule has 1 aliphatic rings. The second-order valence-electron chi connectivity index (χ2n) is 8.40. The Bertz CT molecular complexity index is 975. The molecule has 1 amide bonds. The molecule has 1 aromatic carbocycles. The lowest BCUT2D eigenvalue weighted by Gasteiger charge is -2.26. The Balaban J connectivity index is 1.40. The Kier molecular flexibility index (Phi) is 5.61. The summed E-state index contributed by atoms with van der Waals surface area (Å²) in [6, 6.07) is 10.2. The van der Waals surface area contributed by atoms with Crippen LogP contribution in [0.15, 0.2) is 40.1 Å². The van der Waals surface area contributed by atoms with E-state index in [0.29, 0.717) is 12.4 Å². The summed E-state index contributed by atoms with van der Waals surface area (Å²) in [6.45, 7) is 9.74. The van der Waals surface area contributed by atoms with Gasteiger partial charge in [-0.2, -0.15) is 0 Å². The van der Waals surface area contributed by atoms with Crippen molar-refractivity contribution in [3.05, 3.63) is 41.3 Å². The van der Waals surface area contributed by atoms with Crippen molar-refractivity contribution in [2.45, 2.75) is 39.3 Å². The number of oxazole rings is 1. The third-order valence-electron chi connectivity index (χ3n) is 4.83. The van der Waals surface area contributed by atoms with Gasteiger partial charge < -0.3 is 14.1 Å². The summed E-state index contributed by atoms with van der Waals surface area (Å²) in [7, 11) is 0. The fraction of sp³-hybridized carbons (Fsp3) is 0.455. The van der Waals surface area contributed by atoms with Gasteiger partial charge in [-0.25, -0.2) is 9.78 Å². The molecule has 29 heavy (non-hydrogen) atoms. The van der Waals surface area contributed by atoms with Crippen molar-refractivity contribution in [1.82, 2.24) is 14.8 Å². The van der Waals surface area contributed by atoms with E-state index in [1.165, 1.54) is 5.56 Å². The molecule has 0 radical (unpaired) electrons. The first-order chi connectivity index (χ1) is 13.9. The third kappa shape index (κ3) is 4.97. The molecule has 7 heteroatoms. The summed E-state index contributed by atoms with van der Waals surface area (Å²) in [5.74, 6) is 0.676. The summed E-state index contributed by atoms with van der Waals surface area (Å²) >= 11 is 1.63. The zero-order valence-corrected chi connectivity index (χ0v) is 18.0. The predicted octanol–water partition coefficient (Wildman–Crippen LogP) is 5.00. The lowest BCUT2D eigenvalue weighted by atomic mass is 10.2. The van der Waals surface area contributed by atoms with Crippen molar-refractivity contribution in [3.63, 3.8) is 0 Å². The monoisotopic (exact) mass is 413 g/mol. The molecule has 0 unspecified atom stereocenters. The first-order valence-electron chi connectivity index (χ1n) is 10.0. The van der Waals surface area contributed by atoms with E-state index in [4.69, 9.17) is 9.15 Å². The SMILES string of the molecule is CC(C)(C)OC(=O)N1CCCN(Cc2ccc3oc(-c4cccs4)nc3c2)CC1. The minimum atomic E-state index is -0.460. The third-order valence-corrected chi connectivity index (χ3v) is 5.69. The van der Waals surface area contributed by atoms with Gasteiger partial charge in [0.2, 0.25) is 5.89 Å². The standard InChI is InChI=1S/C22H27N3O3S/c1-22(2,3)28-21(26)25-10-5-9-24(11-12-25)15-16-7-8-18-17(14-16)23-20(27-18)19-6-4-13-29-19/h4,6-8,13-14H,5,9-12,15H2,1-3H3. The van der Waals surface area contributed by atoms with Crippen molar-refractivity contribution in [1.29, 1.82) is 0 Å². The molecular weight excluding hydrogens is 386 g/mol. The molecule has 0 aliphatic carbocycles. The maximum atomic E-state index is 12.3. The van der Waals surface area contributed by atoms with Gasteiger partial charge >= 0.3 is 6.09 Å². The second-order valence-corrected chi connectivity index (χ2v) is 9.34. The van der Waals surface area contributed by atoms with Gasteiger partial charge in [-0.3, -0.25) is 4.90 Å². The Morgan fingerprint density at radius 1 is 1.21 bits per heavy atom. The van der Waals surface area contributed by atoms with Gasteiger partial charge in [-0.15, -0.1) is 11.3 Å². The number of hydrogen-bond acceptors (Lipinski definition) is 6. The Morgan fingerprint density at radius 2 is 2.07 bits per heavy atom. The summed E-state index contributed by atoms with van der Waals surface area (Å²) in [5.41, 5.74) is 2.44. The van der Waals surface area contributed by atoms with Crippen molar-refractivity contribution in [3.8, 4) is 10.8 Å². The molecule has 6 nitrogen and oxygen atoms in total. The molecule has 2 aromatic heterocycles. The minimum Gasteiger partial charge on any atom is -0.444 e. The van der Waals surface area contributed by atoms with E-state index in [1.807, 2.05) is 49.3 Å². The largest absolute Gasteiger partial charge is 0.444 e. The molecule has 0 bridgehead atoms. The van der Waals surface area contributed by atoms with Crippen LogP contribution in [-0.2, 0) is 11.3 Å². The van der Waals surface area contributed by atoms with E-state index in [0.717, 1.165) is 48.6 Å². The number of rotatable bonds is 3. The highest BCUT2D eigenvalue weighted by Crippen LogP contribution is 2.28. The van der Waals surface area contributed by atoms with Gasteiger partial charge in [-0.05, 0) is 56.3 Å². The normalized spacial score (nSPS) is 16.2. The maximum absolute atomic E-state index is 12.3. The quantitative estimate of drug-likeness (QED) is 0.605. The molecule has 1 saturated heterocycles. The fourth-order valence-corrected chi connectivity index (χ4v) is 4.12. The molecule has 154 valence electrons. The lowest BCUT2D eigenvalue weighted by Crippen LogP contribution is -2.39. The molecule has 0 spiro atoms. The van der Waals surface area contributed by atoms with Gasteiger partial charge in [-0.1, -0.05) is 12.1 Å². The average Bonchev–Trinajstić information content (AvgIpc) is 3.26.